The first kappa shape index (κ1) is 20.2. The highest BCUT2D eigenvalue weighted by Crippen LogP contribution is 2.33. The number of rotatable bonds is 5. The number of nitrogens with zero attached hydrogens (tertiary/aromatic N) is 5. The molecule has 7 nitrogen and oxygen atoms in total. The number of likely N-dealkylation sites (N-methyl/N-ethyl adjacent to an activating group) is 1. The van der Waals surface area contributed by atoms with E-state index in [9.17, 15) is 0 Å². The summed E-state index contributed by atoms with van der Waals surface area (Å²) in [5.74, 6) is 1.29. The second-order valence-electron chi connectivity index (χ2n) is 7.98. The second-order valence-corrected chi connectivity index (χ2v) is 7.98. The summed E-state index contributed by atoms with van der Waals surface area (Å²) in [4.78, 5) is 18.4. The minimum Gasteiger partial charge on any atom is -0.494 e. The Morgan fingerprint density at radius 2 is 1.75 bits per heavy atom. The predicted octanol–water partition coefficient (Wildman–Crippen LogP) is 4.20. The molecule has 0 saturated carbocycles. The van der Waals surface area contributed by atoms with Gasteiger partial charge in [0, 0.05) is 67.5 Å². The van der Waals surface area contributed by atoms with Crippen molar-refractivity contribution in [1.82, 2.24) is 19.9 Å². The minimum absolute atomic E-state index is 0.520. The monoisotopic (exact) mass is 426 g/mol. The Kier molecular flexibility index (Phi) is 5.56. The van der Waals surface area contributed by atoms with E-state index in [2.05, 4.69) is 56.4 Å². The highest BCUT2D eigenvalue weighted by Gasteiger charge is 2.16. The molecule has 1 saturated heterocycles. The van der Waals surface area contributed by atoms with Gasteiger partial charge in [-0.1, -0.05) is 30.3 Å². The lowest BCUT2D eigenvalue weighted by atomic mass is 10.1. The fourth-order valence-electron chi connectivity index (χ4n) is 4.01. The lowest BCUT2D eigenvalue weighted by Crippen LogP contribution is -2.44. The zero-order valence-electron chi connectivity index (χ0n) is 18.3. The Morgan fingerprint density at radius 1 is 0.938 bits per heavy atom. The Bertz CT molecular complexity index is 1220. The molecule has 7 heteroatoms. The van der Waals surface area contributed by atoms with Gasteiger partial charge in [-0.05, 0) is 24.7 Å². The molecule has 1 aliphatic rings. The molecule has 162 valence electrons. The van der Waals surface area contributed by atoms with Crippen LogP contribution in [-0.4, -0.2) is 60.2 Å². The molecule has 1 aliphatic heterocycles. The van der Waals surface area contributed by atoms with Crippen LogP contribution in [-0.2, 0) is 0 Å². The summed E-state index contributed by atoms with van der Waals surface area (Å²) in [6.45, 7) is 4.14. The minimum atomic E-state index is 0.520. The van der Waals surface area contributed by atoms with Crippen LogP contribution in [0.25, 0.3) is 22.0 Å². The van der Waals surface area contributed by atoms with E-state index < -0.39 is 0 Å². The molecule has 3 heterocycles. The number of benzene rings is 2. The molecule has 1 fully saturated rings. The molecule has 0 atom stereocenters. The molecule has 1 N–H and O–H groups in total. The Morgan fingerprint density at radius 3 is 2.53 bits per heavy atom. The van der Waals surface area contributed by atoms with Crippen molar-refractivity contribution in [2.75, 3.05) is 50.6 Å². The van der Waals surface area contributed by atoms with Crippen LogP contribution >= 0.6 is 0 Å². The van der Waals surface area contributed by atoms with Gasteiger partial charge in [-0.15, -0.1) is 0 Å². The molecule has 4 aromatic rings. The molecule has 0 spiro atoms. The van der Waals surface area contributed by atoms with Crippen molar-refractivity contribution >= 4 is 28.2 Å². The van der Waals surface area contributed by atoms with Crippen LogP contribution in [0, 0.1) is 0 Å². The third-order valence-electron chi connectivity index (χ3n) is 5.87. The quantitative estimate of drug-likeness (QED) is 0.513. The smallest absolute Gasteiger partial charge is 0.227 e. The van der Waals surface area contributed by atoms with Gasteiger partial charge in [0.2, 0.25) is 5.95 Å². The van der Waals surface area contributed by atoms with Crippen molar-refractivity contribution in [3.8, 4) is 16.9 Å². The fourth-order valence-corrected chi connectivity index (χ4v) is 4.01. The van der Waals surface area contributed by atoms with Crippen LogP contribution in [0.2, 0.25) is 0 Å². The maximum Gasteiger partial charge on any atom is 0.227 e. The Hall–Kier alpha value is -3.71. The van der Waals surface area contributed by atoms with Gasteiger partial charge in [0.25, 0.3) is 0 Å². The van der Waals surface area contributed by atoms with Gasteiger partial charge in [0.1, 0.15) is 5.75 Å². The van der Waals surface area contributed by atoms with E-state index in [-0.39, 0.29) is 0 Å². The Balaban J connectivity index is 1.45. The summed E-state index contributed by atoms with van der Waals surface area (Å²) in [6.07, 6.45) is 5.44. The molecule has 32 heavy (non-hydrogen) atoms. The van der Waals surface area contributed by atoms with Gasteiger partial charge in [-0.25, -0.2) is 9.97 Å². The average Bonchev–Trinajstić information content (AvgIpc) is 2.85. The lowest BCUT2D eigenvalue weighted by molar-refractivity contribution is 0.312. The summed E-state index contributed by atoms with van der Waals surface area (Å²) in [7, 11) is 3.85. The molecule has 0 bridgehead atoms. The standard InChI is InChI=1S/C25H26N6O/c1-30-10-12-31(13-11-30)20-8-9-22(23(14-20)32-2)28-25-27-16-19-15-26-17-21(24(19)29-25)18-6-4-3-5-7-18/h3-9,14-17H,10-13H2,1-2H3,(H,27,28,29). The summed E-state index contributed by atoms with van der Waals surface area (Å²) in [6, 6.07) is 16.4. The highest BCUT2D eigenvalue weighted by molar-refractivity contribution is 5.92. The largest absolute Gasteiger partial charge is 0.494 e. The van der Waals surface area contributed by atoms with Crippen LogP contribution < -0.4 is 15.0 Å². The molecular weight excluding hydrogens is 400 g/mol. The van der Waals surface area contributed by atoms with Crippen molar-refractivity contribution in [3.05, 3.63) is 67.1 Å². The van der Waals surface area contributed by atoms with Gasteiger partial charge in [-0.2, -0.15) is 0 Å². The number of anilines is 3. The van der Waals surface area contributed by atoms with Gasteiger partial charge >= 0.3 is 0 Å². The summed E-state index contributed by atoms with van der Waals surface area (Å²) in [5.41, 5.74) is 4.91. The molecule has 2 aromatic carbocycles. The van der Waals surface area contributed by atoms with E-state index in [0.717, 1.165) is 65.3 Å². The van der Waals surface area contributed by atoms with E-state index in [0.29, 0.717) is 5.95 Å². The van der Waals surface area contributed by atoms with Crippen LogP contribution in [0.1, 0.15) is 0 Å². The summed E-state index contributed by atoms with van der Waals surface area (Å²) in [5, 5.41) is 4.23. The van der Waals surface area contributed by atoms with Crippen molar-refractivity contribution < 1.29 is 4.74 Å². The van der Waals surface area contributed by atoms with E-state index in [4.69, 9.17) is 9.72 Å². The predicted molar refractivity (Wildman–Crippen MR) is 129 cm³/mol. The third kappa shape index (κ3) is 4.07. The fraction of sp³-hybridized carbons (Fsp3) is 0.240. The van der Waals surface area contributed by atoms with Crippen LogP contribution in [0.5, 0.6) is 5.75 Å². The molecule has 0 aliphatic carbocycles. The van der Waals surface area contributed by atoms with Crippen molar-refractivity contribution in [3.63, 3.8) is 0 Å². The van der Waals surface area contributed by atoms with E-state index >= 15 is 0 Å². The number of hydrogen-bond donors (Lipinski definition) is 1. The van der Waals surface area contributed by atoms with Crippen LogP contribution in [0.15, 0.2) is 67.1 Å². The summed E-state index contributed by atoms with van der Waals surface area (Å²) < 4.78 is 5.69. The van der Waals surface area contributed by atoms with Crippen molar-refractivity contribution in [2.45, 2.75) is 0 Å². The van der Waals surface area contributed by atoms with Gasteiger partial charge < -0.3 is 19.9 Å². The second kappa shape index (κ2) is 8.80. The molecular formula is C25H26N6O. The van der Waals surface area contributed by atoms with Crippen molar-refractivity contribution in [1.29, 1.82) is 0 Å². The number of nitrogens with one attached hydrogen (secondary N) is 1. The number of piperazine rings is 1. The lowest BCUT2D eigenvalue weighted by Gasteiger charge is -2.34. The summed E-state index contributed by atoms with van der Waals surface area (Å²) >= 11 is 0. The molecule has 0 unspecified atom stereocenters. The molecule has 0 radical (unpaired) electrons. The van der Waals surface area contributed by atoms with Gasteiger partial charge in [-0.3, -0.25) is 4.98 Å². The van der Waals surface area contributed by atoms with E-state index in [1.54, 1.807) is 19.5 Å². The number of ether oxygens (including phenoxy) is 1. The zero-order valence-corrected chi connectivity index (χ0v) is 18.3. The van der Waals surface area contributed by atoms with E-state index in [1.165, 1.54) is 0 Å². The number of fused-ring (bicyclic) bond motifs is 1. The number of hydrogen-bond acceptors (Lipinski definition) is 7. The van der Waals surface area contributed by atoms with Crippen LogP contribution in [0.4, 0.5) is 17.3 Å². The maximum absolute atomic E-state index is 5.69. The first-order chi connectivity index (χ1) is 15.7. The topological polar surface area (TPSA) is 66.4 Å². The third-order valence-corrected chi connectivity index (χ3v) is 5.87. The highest BCUT2D eigenvalue weighted by atomic mass is 16.5. The molecule has 5 rings (SSSR count). The molecule has 0 amide bonds. The first-order valence-electron chi connectivity index (χ1n) is 10.8. The zero-order chi connectivity index (χ0) is 21.9. The van der Waals surface area contributed by atoms with Crippen LogP contribution in [0.3, 0.4) is 0 Å². The first-order valence-corrected chi connectivity index (χ1v) is 10.8. The Labute approximate surface area is 187 Å². The van der Waals surface area contributed by atoms with Gasteiger partial charge in [0.05, 0.1) is 18.3 Å². The number of methoxy groups -OCH3 is 1. The van der Waals surface area contributed by atoms with E-state index in [1.807, 2.05) is 30.5 Å². The maximum atomic E-state index is 5.69. The van der Waals surface area contributed by atoms with Gasteiger partial charge in [0.15, 0.2) is 0 Å². The number of pyridine rings is 1. The number of aromatic nitrogens is 3. The normalized spacial score (nSPS) is 14.5. The average molecular weight is 427 g/mol. The molecule has 2 aromatic heterocycles. The van der Waals surface area contributed by atoms with Crippen molar-refractivity contribution in [2.24, 2.45) is 0 Å². The SMILES string of the molecule is COc1cc(N2CCN(C)CC2)ccc1Nc1ncc2cncc(-c3ccccc3)c2n1.